The summed E-state index contributed by atoms with van der Waals surface area (Å²) in [6.07, 6.45) is 1.60. The first-order valence-corrected chi connectivity index (χ1v) is 6.40. The van der Waals surface area contributed by atoms with Gasteiger partial charge in [-0.2, -0.15) is 5.10 Å². The van der Waals surface area contributed by atoms with E-state index < -0.39 is 5.97 Å². The molecule has 3 aromatic rings. The lowest BCUT2D eigenvalue weighted by Crippen LogP contribution is -2.06. The van der Waals surface area contributed by atoms with Crippen LogP contribution in [0.1, 0.15) is 16.2 Å². The smallest absolute Gasteiger partial charge is 0.360 e. The number of methoxy groups -OCH3 is 1. The molecule has 6 heteroatoms. The number of nitrogens with zero attached hydrogens (tertiary/aromatic N) is 3. The fourth-order valence-corrected chi connectivity index (χ4v) is 2.24. The number of esters is 1. The normalized spacial score (nSPS) is 10.8. The van der Waals surface area contributed by atoms with Crippen molar-refractivity contribution in [1.29, 1.82) is 0 Å². The molecule has 0 aliphatic rings. The first-order valence-electron chi connectivity index (χ1n) is 6.40. The van der Waals surface area contributed by atoms with Crippen molar-refractivity contribution in [1.82, 2.24) is 14.8 Å². The highest BCUT2D eigenvalue weighted by atomic mass is 16.5. The number of carbonyl (C=O) groups excluding carboxylic acids is 1. The first-order chi connectivity index (χ1) is 10.1. The van der Waals surface area contributed by atoms with Crippen LogP contribution in [0.3, 0.4) is 0 Å². The highest BCUT2D eigenvalue weighted by Crippen LogP contribution is 2.23. The average Bonchev–Trinajstić information content (AvgIpc) is 2.87. The van der Waals surface area contributed by atoms with E-state index in [2.05, 4.69) is 14.8 Å². The molecule has 2 N–H and O–H groups in total. The second-order valence-corrected chi connectivity index (χ2v) is 4.67. The van der Waals surface area contributed by atoms with Gasteiger partial charge in [0.2, 0.25) is 0 Å². The molecule has 6 nitrogen and oxygen atoms in total. The van der Waals surface area contributed by atoms with Crippen LogP contribution in [0, 0.1) is 6.92 Å². The number of aryl methyl sites for hydroxylation is 1. The summed E-state index contributed by atoms with van der Waals surface area (Å²) in [5.74, 6) is -0.554. The Balaban J connectivity index is 2.23. The SMILES string of the molecule is COC(=O)c1nn(-c2cc(C)nc3ccccc23)cc1N. The second-order valence-electron chi connectivity index (χ2n) is 4.67. The van der Waals surface area contributed by atoms with Gasteiger partial charge in [-0.1, -0.05) is 18.2 Å². The van der Waals surface area contributed by atoms with Gasteiger partial charge in [0, 0.05) is 11.1 Å². The van der Waals surface area contributed by atoms with E-state index >= 15 is 0 Å². The topological polar surface area (TPSA) is 83.0 Å². The third kappa shape index (κ3) is 2.20. The maximum absolute atomic E-state index is 11.6. The quantitative estimate of drug-likeness (QED) is 0.728. The number of ether oxygens (including phenoxy) is 1. The van der Waals surface area contributed by atoms with E-state index in [0.717, 1.165) is 22.3 Å². The number of aromatic nitrogens is 3. The number of hydrogen-bond acceptors (Lipinski definition) is 5. The summed E-state index contributed by atoms with van der Waals surface area (Å²) in [6, 6.07) is 9.63. The molecule has 0 spiro atoms. The van der Waals surface area contributed by atoms with Gasteiger partial charge in [-0.15, -0.1) is 0 Å². The van der Waals surface area contributed by atoms with Crippen LogP contribution >= 0.6 is 0 Å². The third-order valence-electron chi connectivity index (χ3n) is 3.19. The molecule has 2 aromatic heterocycles. The fourth-order valence-electron chi connectivity index (χ4n) is 2.24. The predicted octanol–water partition coefficient (Wildman–Crippen LogP) is 2.10. The first kappa shape index (κ1) is 13.1. The molecule has 0 atom stereocenters. The molecule has 0 fully saturated rings. The molecule has 0 saturated heterocycles. The maximum Gasteiger partial charge on any atom is 0.360 e. The van der Waals surface area contributed by atoms with E-state index in [1.54, 1.807) is 10.9 Å². The summed E-state index contributed by atoms with van der Waals surface area (Å²) < 4.78 is 6.25. The lowest BCUT2D eigenvalue weighted by molar-refractivity contribution is 0.0594. The highest BCUT2D eigenvalue weighted by Gasteiger charge is 2.17. The molecule has 0 saturated carbocycles. The fraction of sp³-hybridized carbons (Fsp3) is 0.133. The Kier molecular flexibility index (Phi) is 3.06. The van der Waals surface area contributed by atoms with Crippen LogP contribution in [0.2, 0.25) is 0 Å². The number of rotatable bonds is 2. The van der Waals surface area contributed by atoms with Crippen LogP contribution < -0.4 is 5.73 Å². The van der Waals surface area contributed by atoms with E-state index in [1.807, 2.05) is 37.3 Å². The van der Waals surface area contributed by atoms with Crippen molar-refractivity contribution in [2.75, 3.05) is 12.8 Å². The second kappa shape index (κ2) is 4.90. The highest BCUT2D eigenvalue weighted by molar-refractivity contribution is 5.93. The zero-order valence-corrected chi connectivity index (χ0v) is 11.7. The monoisotopic (exact) mass is 282 g/mol. The Morgan fingerprint density at radius 3 is 2.86 bits per heavy atom. The molecule has 2 heterocycles. The molecular formula is C15H14N4O2. The molecule has 3 rings (SSSR count). The van der Waals surface area contributed by atoms with Crippen molar-refractivity contribution in [3.05, 3.63) is 47.9 Å². The summed E-state index contributed by atoms with van der Waals surface area (Å²) >= 11 is 0. The Hall–Kier alpha value is -2.89. The summed E-state index contributed by atoms with van der Waals surface area (Å²) in [4.78, 5) is 16.1. The molecule has 0 unspecified atom stereocenters. The zero-order valence-electron chi connectivity index (χ0n) is 11.7. The van der Waals surface area contributed by atoms with Gasteiger partial charge in [-0.05, 0) is 19.1 Å². The number of carbonyl (C=O) groups is 1. The maximum atomic E-state index is 11.6. The lowest BCUT2D eigenvalue weighted by atomic mass is 10.1. The molecule has 1 aromatic carbocycles. The van der Waals surface area contributed by atoms with E-state index in [4.69, 9.17) is 5.73 Å². The standard InChI is InChI=1S/C15H14N4O2/c1-9-7-13(10-5-3-4-6-12(10)17-9)19-8-11(16)14(18-19)15(20)21-2/h3-8H,16H2,1-2H3. The predicted molar refractivity (Wildman–Crippen MR) is 79.4 cm³/mol. The minimum Gasteiger partial charge on any atom is -0.464 e. The molecule has 0 aliphatic heterocycles. The van der Waals surface area contributed by atoms with Crippen molar-refractivity contribution in [3.8, 4) is 5.69 Å². The van der Waals surface area contributed by atoms with Crippen LogP contribution in [0.5, 0.6) is 0 Å². The van der Waals surface area contributed by atoms with Gasteiger partial charge in [0.1, 0.15) is 0 Å². The minimum atomic E-state index is -0.554. The van der Waals surface area contributed by atoms with Crippen LogP contribution in [0.4, 0.5) is 5.69 Å². The van der Waals surface area contributed by atoms with Crippen LogP contribution in [0.25, 0.3) is 16.6 Å². The van der Waals surface area contributed by atoms with E-state index in [9.17, 15) is 4.79 Å². The Morgan fingerprint density at radius 2 is 2.10 bits per heavy atom. The minimum absolute atomic E-state index is 0.107. The number of nitrogens with two attached hydrogens (primary N) is 1. The average molecular weight is 282 g/mol. The summed E-state index contributed by atoms with van der Waals surface area (Å²) in [5.41, 5.74) is 8.76. The molecule has 106 valence electrons. The number of pyridine rings is 1. The van der Waals surface area contributed by atoms with Gasteiger partial charge in [0.15, 0.2) is 5.69 Å². The van der Waals surface area contributed by atoms with Gasteiger partial charge in [-0.3, -0.25) is 4.98 Å². The molecule has 0 bridgehead atoms. The number of fused-ring (bicyclic) bond motifs is 1. The van der Waals surface area contributed by atoms with E-state index in [-0.39, 0.29) is 11.4 Å². The molecular weight excluding hydrogens is 268 g/mol. The van der Waals surface area contributed by atoms with Gasteiger partial charge < -0.3 is 10.5 Å². The van der Waals surface area contributed by atoms with Crippen molar-refractivity contribution in [2.24, 2.45) is 0 Å². The summed E-state index contributed by atoms with van der Waals surface area (Å²) in [5, 5.41) is 5.16. The Morgan fingerprint density at radius 1 is 1.33 bits per heavy atom. The van der Waals surface area contributed by atoms with Crippen molar-refractivity contribution < 1.29 is 9.53 Å². The van der Waals surface area contributed by atoms with E-state index in [1.165, 1.54) is 7.11 Å². The van der Waals surface area contributed by atoms with E-state index in [0.29, 0.717) is 0 Å². The molecule has 0 amide bonds. The number of nitrogen functional groups attached to an aromatic ring is 1. The number of para-hydroxylation sites is 1. The Bertz CT molecular complexity index is 839. The van der Waals surface area contributed by atoms with Gasteiger partial charge in [-0.25, -0.2) is 9.48 Å². The molecule has 21 heavy (non-hydrogen) atoms. The third-order valence-corrected chi connectivity index (χ3v) is 3.19. The van der Waals surface area contributed by atoms with Crippen molar-refractivity contribution in [3.63, 3.8) is 0 Å². The lowest BCUT2D eigenvalue weighted by Gasteiger charge is -2.07. The number of anilines is 1. The van der Waals surface area contributed by atoms with Gasteiger partial charge in [0.25, 0.3) is 0 Å². The molecule has 0 aliphatic carbocycles. The molecule has 0 radical (unpaired) electrons. The number of benzene rings is 1. The van der Waals surface area contributed by atoms with Crippen LogP contribution in [-0.2, 0) is 4.74 Å². The summed E-state index contributed by atoms with van der Waals surface area (Å²) in [6.45, 7) is 1.91. The van der Waals surface area contributed by atoms with Crippen LogP contribution in [-0.4, -0.2) is 27.8 Å². The van der Waals surface area contributed by atoms with Crippen molar-refractivity contribution >= 4 is 22.6 Å². The van der Waals surface area contributed by atoms with Gasteiger partial charge in [0.05, 0.1) is 30.2 Å². The Labute approximate surface area is 121 Å². The van der Waals surface area contributed by atoms with Gasteiger partial charge >= 0.3 is 5.97 Å². The van der Waals surface area contributed by atoms with Crippen molar-refractivity contribution in [2.45, 2.75) is 6.92 Å². The number of hydrogen-bond donors (Lipinski definition) is 1. The zero-order chi connectivity index (χ0) is 15.0. The van der Waals surface area contributed by atoms with Crippen LogP contribution in [0.15, 0.2) is 36.5 Å². The summed E-state index contributed by atoms with van der Waals surface area (Å²) in [7, 11) is 1.30. The largest absolute Gasteiger partial charge is 0.464 e.